The van der Waals surface area contributed by atoms with Crippen molar-refractivity contribution < 1.29 is 38.2 Å². The standard InChI is InChI=1S/C29H51NO8S/c1-5-19-22-12-18(32)10-11-28(22,3)23-13-24(33)29(4)20(7-8-21(29)26(23)27(19)35)16(2)6-9-25(34)30-17(14-31)15-39(36,37)38/h16-24,26-27,31-33,35H,5-15H2,1-4H3,(H,30,34)(H,36,37,38)/p-1/t16-,17+,18-,19-,20-,21+,22+,23+,24+,26+,27-,28+,29-/m1/s1. The monoisotopic (exact) mass is 572 g/mol. The van der Waals surface area contributed by atoms with Crippen LogP contribution in [-0.2, 0) is 14.9 Å². The van der Waals surface area contributed by atoms with Crippen molar-refractivity contribution in [3.8, 4) is 0 Å². The molecule has 4 aliphatic rings. The van der Waals surface area contributed by atoms with Crippen LogP contribution in [0.25, 0.3) is 0 Å². The number of nitrogens with one attached hydrogen (secondary N) is 1. The van der Waals surface area contributed by atoms with E-state index < -0.39 is 46.6 Å². The van der Waals surface area contributed by atoms with E-state index in [0.717, 1.165) is 38.5 Å². The molecule has 0 aliphatic heterocycles. The predicted octanol–water partition coefficient (Wildman–Crippen LogP) is 2.02. The zero-order chi connectivity index (χ0) is 28.9. The van der Waals surface area contributed by atoms with Gasteiger partial charge >= 0.3 is 0 Å². The van der Waals surface area contributed by atoms with Crippen molar-refractivity contribution in [3.63, 3.8) is 0 Å². The first kappa shape index (κ1) is 31.2. The summed E-state index contributed by atoms with van der Waals surface area (Å²) in [5.74, 6) is -0.0505. The highest BCUT2D eigenvalue weighted by Gasteiger charge is 2.67. The Bertz CT molecular complexity index is 992. The van der Waals surface area contributed by atoms with Crippen molar-refractivity contribution in [3.05, 3.63) is 0 Å². The average molecular weight is 573 g/mol. The number of carbonyl (C=O) groups is 1. The lowest BCUT2D eigenvalue weighted by Crippen LogP contribution is -2.65. The molecule has 10 heteroatoms. The minimum absolute atomic E-state index is 0.00524. The Morgan fingerprint density at radius 3 is 2.38 bits per heavy atom. The average Bonchev–Trinajstić information content (AvgIpc) is 3.22. The first-order valence-corrected chi connectivity index (χ1v) is 16.6. The Balaban J connectivity index is 1.48. The van der Waals surface area contributed by atoms with Crippen LogP contribution in [0.3, 0.4) is 0 Å². The number of hydrogen-bond donors (Lipinski definition) is 5. The fourth-order valence-corrected chi connectivity index (χ4v) is 10.8. The molecule has 0 radical (unpaired) electrons. The van der Waals surface area contributed by atoms with Crippen molar-refractivity contribution >= 4 is 16.0 Å². The highest BCUT2D eigenvalue weighted by Crippen LogP contribution is 2.69. The van der Waals surface area contributed by atoms with Crippen LogP contribution in [0.5, 0.6) is 0 Å². The molecule has 4 aliphatic carbocycles. The Kier molecular flexibility index (Phi) is 9.17. The number of amides is 1. The quantitative estimate of drug-likeness (QED) is 0.262. The van der Waals surface area contributed by atoms with Gasteiger partial charge in [-0.1, -0.05) is 34.1 Å². The SMILES string of the molecule is CC[C@H]1[C@@H](O)[C@@H]2[C@H](C[C@H](O)[C@]3(C)[C@@H]([C@H](C)CCC(=O)N[C@@H](CO)CS(=O)(=O)[O-])CC[C@@H]23)[C@@]2(C)CC[C@@H](O)C[C@@H]12. The summed E-state index contributed by atoms with van der Waals surface area (Å²) in [4.78, 5) is 12.5. The highest BCUT2D eigenvalue weighted by molar-refractivity contribution is 7.85. The fraction of sp³-hybridized carbons (Fsp3) is 0.966. The maximum Gasteiger partial charge on any atom is 0.220 e. The number of rotatable bonds is 9. The van der Waals surface area contributed by atoms with E-state index in [9.17, 15) is 38.2 Å². The second-order valence-corrected chi connectivity index (χ2v) is 15.3. The van der Waals surface area contributed by atoms with Gasteiger partial charge in [0.15, 0.2) is 0 Å². The van der Waals surface area contributed by atoms with Crippen LogP contribution in [0.2, 0.25) is 0 Å². The van der Waals surface area contributed by atoms with Gasteiger partial charge in [0.25, 0.3) is 0 Å². The molecule has 4 saturated carbocycles. The molecule has 13 atom stereocenters. The van der Waals surface area contributed by atoms with Gasteiger partial charge in [-0.05, 0) is 97.2 Å². The van der Waals surface area contributed by atoms with E-state index in [1.165, 1.54) is 0 Å². The topological polar surface area (TPSA) is 167 Å². The molecule has 226 valence electrons. The van der Waals surface area contributed by atoms with E-state index in [-0.39, 0.29) is 64.8 Å². The summed E-state index contributed by atoms with van der Waals surface area (Å²) in [5.41, 5.74) is -0.382. The molecule has 4 fully saturated rings. The third-order valence-corrected chi connectivity index (χ3v) is 12.9. The van der Waals surface area contributed by atoms with Gasteiger partial charge in [-0.15, -0.1) is 0 Å². The van der Waals surface area contributed by atoms with Gasteiger partial charge < -0.3 is 30.3 Å². The lowest BCUT2D eigenvalue weighted by atomic mass is 9.41. The summed E-state index contributed by atoms with van der Waals surface area (Å²) in [6.07, 6.45) is 5.21. The van der Waals surface area contributed by atoms with Crippen LogP contribution in [0, 0.1) is 52.3 Å². The molecule has 39 heavy (non-hydrogen) atoms. The molecule has 0 aromatic carbocycles. The van der Waals surface area contributed by atoms with Gasteiger partial charge in [-0.2, -0.15) is 0 Å². The second kappa shape index (κ2) is 11.5. The van der Waals surface area contributed by atoms with Gasteiger partial charge in [-0.3, -0.25) is 4.79 Å². The van der Waals surface area contributed by atoms with E-state index in [4.69, 9.17) is 0 Å². The van der Waals surface area contributed by atoms with Gasteiger partial charge in [0.2, 0.25) is 5.91 Å². The molecule has 0 unspecified atom stereocenters. The Hall–Kier alpha value is -0.780. The largest absolute Gasteiger partial charge is 0.748 e. The third-order valence-electron chi connectivity index (χ3n) is 12.1. The molecule has 0 aromatic heterocycles. The zero-order valence-electron chi connectivity index (χ0n) is 24.0. The summed E-state index contributed by atoms with van der Waals surface area (Å²) < 4.78 is 33.1. The lowest BCUT2D eigenvalue weighted by molar-refractivity contribution is -0.228. The molecular weight excluding hydrogens is 522 g/mol. The number of hydrogen-bond acceptors (Lipinski definition) is 8. The molecule has 0 aromatic rings. The molecule has 5 N–H and O–H groups in total. The Morgan fingerprint density at radius 2 is 1.77 bits per heavy atom. The Morgan fingerprint density at radius 1 is 1.08 bits per heavy atom. The molecule has 1 amide bonds. The first-order chi connectivity index (χ1) is 18.2. The van der Waals surface area contributed by atoms with Crippen molar-refractivity contribution in [2.24, 2.45) is 52.3 Å². The minimum atomic E-state index is -4.57. The van der Waals surface area contributed by atoms with Gasteiger partial charge in [-0.25, -0.2) is 8.42 Å². The maximum absolute atomic E-state index is 12.5. The minimum Gasteiger partial charge on any atom is -0.748 e. The van der Waals surface area contributed by atoms with E-state index >= 15 is 0 Å². The van der Waals surface area contributed by atoms with Crippen LogP contribution in [-0.4, -0.2) is 76.0 Å². The third kappa shape index (κ3) is 5.67. The van der Waals surface area contributed by atoms with Gasteiger partial charge in [0.05, 0.1) is 46.8 Å². The molecule has 0 saturated heterocycles. The van der Waals surface area contributed by atoms with E-state index in [2.05, 4.69) is 33.0 Å². The van der Waals surface area contributed by atoms with Crippen LogP contribution in [0.15, 0.2) is 0 Å². The van der Waals surface area contributed by atoms with Crippen LogP contribution in [0.4, 0.5) is 0 Å². The van der Waals surface area contributed by atoms with Crippen LogP contribution >= 0.6 is 0 Å². The summed E-state index contributed by atoms with van der Waals surface area (Å²) in [5, 5.41) is 45.9. The van der Waals surface area contributed by atoms with Crippen LogP contribution in [0.1, 0.15) is 85.5 Å². The first-order valence-electron chi connectivity index (χ1n) is 15.0. The van der Waals surface area contributed by atoms with Crippen molar-refractivity contribution in [2.45, 2.75) is 110 Å². The molecule has 0 heterocycles. The smallest absolute Gasteiger partial charge is 0.220 e. The van der Waals surface area contributed by atoms with E-state index in [1.54, 1.807) is 0 Å². The summed E-state index contributed by atoms with van der Waals surface area (Å²) in [7, 11) is -4.57. The highest BCUT2D eigenvalue weighted by atomic mass is 32.2. The van der Waals surface area contributed by atoms with E-state index in [0.29, 0.717) is 12.8 Å². The molecular formula is C29H50NO8S-. The number of aliphatic hydroxyl groups is 4. The number of aliphatic hydroxyl groups excluding tert-OH is 4. The van der Waals surface area contributed by atoms with Crippen molar-refractivity contribution in [1.29, 1.82) is 0 Å². The predicted molar refractivity (Wildman–Crippen MR) is 145 cm³/mol. The summed E-state index contributed by atoms with van der Waals surface area (Å²) >= 11 is 0. The Labute approximate surface area is 233 Å². The second-order valence-electron chi connectivity index (χ2n) is 13.9. The zero-order valence-corrected chi connectivity index (χ0v) is 24.8. The number of carbonyl (C=O) groups excluding carboxylic acids is 1. The lowest BCUT2D eigenvalue weighted by Gasteiger charge is -2.65. The molecule has 4 rings (SSSR count). The van der Waals surface area contributed by atoms with Crippen LogP contribution < -0.4 is 5.32 Å². The molecule has 0 spiro atoms. The summed E-state index contributed by atoms with van der Waals surface area (Å²) in [6.45, 7) is 8.14. The fourth-order valence-electron chi connectivity index (χ4n) is 10.1. The number of fused-ring (bicyclic) bond motifs is 5. The van der Waals surface area contributed by atoms with Crippen molar-refractivity contribution in [1.82, 2.24) is 5.32 Å². The maximum atomic E-state index is 12.5. The van der Waals surface area contributed by atoms with Gasteiger partial charge in [0, 0.05) is 6.42 Å². The molecule has 0 bridgehead atoms. The van der Waals surface area contributed by atoms with Gasteiger partial charge in [0.1, 0.15) is 0 Å². The molecule has 9 nitrogen and oxygen atoms in total. The normalized spacial score (nSPS) is 45.5. The van der Waals surface area contributed by atoms with Crippen molar-refractivity contribution in [2.75, 3.05) is 12.4 Å². The van der Waals surface area contributed by atoms with E-state index in [1.807, 2.05) is 0 Å². The summed E-state index contributed by atoms with van der Waals surface area (Å²) in [6, 6.07) is -1.12.